The van der Waals surface area contributed by atoms with Crippen molar-refractivity contribution < 1.29 is 0 Å². The summed E-state index contributed by atoms with van der Waals surface area (Å²) in [6.45, 7) is 3.84. The van der Waals surface area contributed by atoms with Gasteiger partial charge in [0, 0.05) is 17.1 Å². The van der Waals surface area contributed by atoms with Gasteiger partial charge in [0.15, 0.2) is 0 Å². The minimum atomic E-state index is 0.726. The Labute approximate surface area is 96.0 Å². The molecule has 0 saturated carbocycles. The quantitative estimate of drug-likeness (QED) is 0.813. The van der Waals surface area contributed by atoms with Gasteiger partial charge in [0.2, 0.25) is 0 Å². The number of nitrogens with two attached hydrogens (primary N) is 1. The summed E-state index contributed by atoms with van der Waals surface area (Å²) in [5.74, 6) is 0.815. The van der Waals surface area contributed by atoms with E-state index < -0.39 is 0 Å². The van der Waals surface area contributed by atoms with E-state index in [1.54, 1.807) is 0 Å². The maximum atomic E-state index is 5.86. The minimum Gasteiger partial charge on any atom is -0.330 e. The first-order chi connectivity index (χ1) is 6.76. The Balaban J connectivity index is 2.22. The molecule has 1 aliphatic rings. The third-order valence-electron chi connectivity index (χ3n) is 2.78. The molecule has 0 unspecified atom stereocenters. The zero-order valence-electron chi connectivity index (χ0n) is 8.38. The second kappa shape index (κ2) is 6.67. The summed E-state index contributed by atoms with van der Waals surface area (Å²) in [6, 6.07) is 0. The summed E-state index contributed by atoms with van der Waals surface area (Å²) < 4.78 is 0. The van der Waals surface area contributed by atoms with E-state index in [4.69, 9.17) is 28.9 Å². The lowest BCUT2D eigenvalue weighted by Crippen LogP contribution is -2.35. The molecule has 2 N–H and O–H groups in total. The molecule has 1 rings (SSSR count). The van der Waals surface area contributed by atoms with Crippen molar-refractivity contribution in [3.05, 3.63) is 10.6 Å². The second-order valence-corrected chi connectivity index (χ2v) is 4.56. The van der Waals surface area contributed by atoms with Gasteiger partial charge in [0.1, 0.15) is 0 Å². The van der Waals surface area contributed by atoms with Gasteiger partial charge >= 0.3 is 0 Å². The number of hydrogen-bond acceptors (Lipinski definition) is 2. The highest BCUT2D eigenvalue weighted by atomic mass is 35.5. The molecule has 14 heavy (non-hydrogen) atoms. The number of hydrogen-bond donors (Lipinski definition) is 1. The average molecular weight is 237 g/mol. The van der Waals surface area contributed by atoms with Crippen molar-refractivity contribution in [2.24, 2.45) is 11.7 Å². The van der Waals surface area contributed by atoms with Gasteiger partial charge in [0.05, 0.1) is 0 Å². The van der Waals surface area contributed by atoms with Crippen LogP contribution in [0, 0.1) is 5.92 Å². The summed E-state index contributed by atoms with van der Waals surface area (Å²) in [5.41, 5.74) is 6.99. The molecule has 0 spiro atoms. The smallest absolute Gasteiger partial charge is 0.0434 e. The van der Waals surface area contributed by atoms with Crippen LogP contribution in [0.1, 0.15) is 19.3 Å². The third kappa shape index (κ3) is 4.18. The summed E-state index contributed by atoms with van der Waals surface area (Å²) in [4.78, 5) is 2.34. The zero-order valence-corrected chi connectivity index (χ0v) is 9.90. The first kappa shape index (κ1) is 12.3. The Kier molecular flexibility index (Phi) is 5.87. The summed E-state index contributed by atoms with van der Waals surface area (Å²) in [6.07, 6.45) is 3.64. The van der Waals surface area contributed by atoms with Crippen molar-refractivity contribution in [1.29, 1.82) is 0 Å². The van der Waals surface area contributed by atoms with Crippen LogP contribution in [0.2, 0.25) is 0 Å². The number of halogens is 2. The van der Waals surface area contributed by atoms with Crippen LogP contribution in [-0.4, -0.2) is 31.1 Å². The van der Waals surface area contributed by atoms with Crippen LogP contribution < -0.4 is 5.73 Å². The molecule has 4 heteroatoms. The number of piperidine rings is 1. The molecule has 1 aliphatic heterocycles. The third-order valence-corrected chi connectivity index (χ3v) is 3.38. The van der Waals surface area contributed by atoms with Crippen LogP contribution in [0.3, 0.4) is 0 Å². The molecule has 2 nitrogen and oxygen atoms in total. The molecular formula is C10H18Cl2N2. The van der Waals surface area contributed by atoms with Crippen molar-refractivity contribution in [2.75, 3.05) is 26.2 Å². The molecule has 82 valence electrons. The first-order valence-corrected chi connectivity index (χ1v) is 5.95. The standard InChI is InChI=1S/C10H18Cl2N2/c11-7-10(12)8-14-5-2-9(1-4-13)3-6-14/h7,9H,1-6,8,13H2. The van der Waals surface area contributed by atoms with Gasteiger partial charge < -0.3 is 5.73 Å². The lowest BCUT2D eigenvalue weighted by atomic mass is 9.94. The van der Waals surface area contributed by atoms with Crippen molar-refractivity contribution in [3.63, 3.8) is 0 Å². The van der Waals surface area contributed by atoms with Crippen LogP contribution in [-0.2, 0) is 0 Å². The van der Waals surface area contributed by atoms with Crippen LogP contribution in [0.25, 0.3) is 0 Å². The fourth-order valence-corrected chi connectivity index (χ4v) is 2.16. The highest BCUT2D eigenvalue weighted by molar-refractivity contribution is 6.36. The van der Waals surface area contributed by atoms with Crippen molar-refractivity contribution in [2.45, 2.75) is 19.3 Å². The Morgan fingerprint density at radius 3 is 2.57 bits per heavy atom. The Morgan fingerprint density at radius 1 is 1.43 bits per heavy atom. The van der Waals surface area contributed by atoms with Crippen LogP contribution >= 0.6 is 23.2 Å². The van der Waals surface area contributed by atoms with Gasteiger partial charge in [-0.1, -0.05) is 23.2 Å². The van der Waals surface area contributed by atoms with Gasteiger partial charge in [-0.2, -0.15) is 0 Å². The summed E-state index contributed by atoms with van der Waals surface area (Å²) in [7, 11) is 0. The molecule has 0 aliphatic carbocycles. The van der Waals surface area contributed by atoms with Gasteiger partial charge in [0.25, 0.3) is 0 Å². The van der Waals surface area contributed by atoms with Crippen molar-refractivity contribution in [3.8, 4) is 0 Å². The van der Waals surface area contributed by atoms with Crippen LogP contribution in [0.5, 0.6) is 0 Å². The van der Waals surface area contributed by atoms with Gasteiger partial charge in [-0.3, -0.25) is 4.90 Å². The largest absolute Gasteiger partial charge is 0.330 e. The molecule has 0 radical (unpaired) electrons. The molecule has 0 atom stereocenters. The van der Waals surface area contributed by atoms with Gasteiger partial charge in [-0.15, -0.1) is 0 Å². The van der Waals surface area contributed by atoms with E-state index in [-0.39, 0.29) is 0 Å². The highest BCUT2D eigenvalue weighted by Gasteiger charge is 2.18. The lowest BCUT2D eigenvalue weighted by molar-refractivity contribution is 0.195. The normalized spacial score (nSPS) is 21.5. The van der Waals surface area contributed by atoms with Crippen LogP contribution in [0.4, 0.5) is 0 Å². The topological polar surface area (TPSA) is 29.3 Å². The zero-order chi connectivity index (χ0) is 10.4. The molecule has 1 heterocycles. The Morgan fingerprint density at radius 2 is 2.07 bits per heavy atom. The second-order valence-electron chi connectivity index (χ2n) is 3.85. The van der Waals surface area contributed by atoms with E-state index in [1.807, 2.05) is 0 Å². The maximum absolute atomic E-state index is 5.86. The molecular weight excluding hydrogens is 219 g/mol. The maximum Gasteiger partial charge on any atom is 0.0434 e. The molecule has 0 bridgehead atoms. The molecule has 0 aromatic carbocycles. The monoisotopic (exact) mass is 236 g/mol. The highest BCUT2D eigenvalue weighted by Crippen LogP contribution is 2.20. The fraction of sp³-hybridized carbons (Fsp3) is 0.800. The summed E-state index contributed by atoms with van der Waals surface area (Å²) in [5, 5.41) is 0.726. The number of nitrogens with zero attached hydrogens (tertiary/aromatic N) is 1. The molecule has 1 fully saturated rings. The number of rotatable bonds is 4. The molecule has 0 aromatic heterocycles. The minimum absolute atomic E-state index is 0.726. The van der Waals surface area contributed by atoms with E-state index in [0.29, 0.717) is 0 Å². The SMILES string of the molecule is NCCC1CCN(CC(Cl)=CCl)CC1. The van der Waals surface area contributed by atoms with E-state index in [9.17, 15) is 0 Å². The van der Waals surface area contributed by atoms with E-state index in [2.05, 4.69) is 4.90 Å². The molecule has 0 aromatic rings. The van der Waals surface area contributed by atoms with E-state index in [1.165, 1.54) is 18.4 Å². The molecule has 1 saturated heterocycles. The Hall–Kier alpha value is 0.240. The predicted molar refractivity (Wildman–Crippen MR) is 62.6 cm³/mol. The average Bonchev–Trinajstić information content (AvgIpc) is 2.21. The first-order valence-electron chi connectivity index (χ1n) is 5.13. The number of likely N-dealkylation sites (tertiary alicyclic amines) is 1. The van der Waals surface area contributed by atoms with Crippen molar-refractivity contribution in [1.82, 2.24) is 4.90 Å². The summed E-state index contributed by atoms with van der Waals surface area (Å²) >= 11 is 11.4. The van der Waals surface area contributed by atoms with Gasteiger partial charge in [-0.05, 0) is 44.8 Å². The van der Waals surface area contributed by atoms with Gasteiger partial charge in [-0.25, -0.2) is 0 Å². The predicted octanol–water partition coefficient (Wildman–Crippen LogP) is 2.37. The molecule has 0 amide bonds. The van der Waals surface area contributed by atoms with Crippen LogP contribution in [0.15, 0.2) is 10.6 Å². The van der Waals surface area contributed by atoms with E-state index in [0.717, 1.165) is 43.6 Å². The van der Waals surface area contributed by atoms with Crippen molar-refractivity contribution >= 4 is 23.2 Å². The lowest BCUT2D eigenvalue weighted by Gasteiger charge is -2.31. The Bertz CT molecular complexity index is 187. The fourth-order valence-electron chi connectivity index (χ4n) is 1.92. The van der Waals surface area contributed by atoms with E-state index >= 15 is 0 Å².